The van der Waals surface area contributed by atoms with Crippen LogP contribution in [0.3, 0.4) is 0 Å². The summed E-state index contributed by atoms with van der Waals surface area (Å²) in [5.74, 6) is 0. The monoisotopic (exact) mass is 364 g/mol. The van der Waals surface area contributed by atoms with Crippen LogP contribution in [-0.2, 0) is 0 Å². The third-order valence-electron chi connectivity index (χ3n) is 3.49. The molecule has 0 aromatic heterocycles. The zero-order valence-electron chi connectivity index (χ0n) is 13.6. The lowest BCUT2D eigenvalue weighted by Crippen LogP contribution is -2.21. The molecular weight excluding hydrogens is 347 g/mol. The van der Waals surface area contributed by atoms with Gasteiger partial charge in [0.2, 0.25) is 0 Å². The molecule has 2 nitrogen and oxygen atoms in total. The largest absolute Gasteiger partial charge is 0.181 e. The van der Waals surface area contributed by atoms with Crippen LogP contribution in [0.2, 0.25) is 0 Å². The van der Waals surface area contributed by atoms with Crippen molar-refractivity contribution in [2.75, 3.05) is 0 Å². The van der Waals surface area contributed by atoms with Gasteiger partial charge in [-0.1, -0.05) is 91.5 Å². The Morgan fingerprint density at radius 2 is 1.28 bits per heavy atom. The highest BCUT2D eigenvalue weighted by Gasteiger charge is 2.24. The maximum absolute atomic E-state index is 7.26. The van der Waals surface area contributed by atoms with Crippen LogP contribution in [0, 0.1) is 22.7 Å². The Bertz CT molecular complexity index is 763. The Kier molecular flexibility index (Phi) is 8.99. The maximum atomic E-state index is 7.26. The summed E-state index contributed by atoms with van der Waals surface area (Å²) in [5, 5.41) is 17.3. The molecule has 0 radical (unpaired) electrons. The summed E-state index contributed by atoms with van der Waals surface area (Å²) in [6.45, 7) is 4.25. The van der Waals surface area contributed by atoms with Gasteiger partial charge >= 0.3 is 0 Å². The molecule has 124 valence electrons. The van der Waals surface area contributed by atoms with Gasteiger partial charge in [-0.05, 0) is 24.1 Å². The molecule has 0 bridgehead atoms. The molecule has 0 aliphatic heterocycles. The molecule has 0 N–H and O–H groups in total. The molecule has 4 heteroatoms. The van der Waals surface area contributed by atoms with Crippen molar-refractivity contribution in [2.45, 2.75) is 5.66 Å². The van der Waals surface area contributed by atoms with Crippen molar-refractivity contribution < 1.29 is 0 Å². The van der Waals surface area contributed by atoms with E-state index in [1.807, 2.05) is 0 Å². The molecular formula is C21H18ClN2P. The molecule has 25 heavy (non-hydrogen) atoms. The van der Waals surface area contributed by atoms with E-state index in [1.54, 1.807) is 0 Å². The predicted octanol–water partition coefficient (Wildman–Crippen LogP) is 4.63. The van der Waals surface area contributed by atoms with Crippen molar-refractivity contribution in [3.8, 4) is 12.1 Å². The first-order valence-electron chi connectivity index (χ1n) is 7.49. The molecule has 1 unspecified atom stereocenters. The molecule has 0 amide bonds. The number of benzene rings is 2. The summed E-state index contributed by atoms with van der Waals surface area (Å²) in [6, 6.07) is 24.1. The van der Waals surface area contributed by atoms with Crippen molar-refractivity contribution in [1.82, 2.24) is 0 Å². The molecule has 0 spiro atoms. The van der Waals surface area contributed by atoms with E-state index in [2.05, 4.69) is 91.5 Å². The number of hydrogen-bond acceptors (Lipinski definition) is 2. The molecule has 1 aliphatic carbocycles. The second kappa shape index (κ2) is 11.0. The third-order valence-corrected chi connectivity index (χ3v) is 6.26. The van der Waals surface area contributed by atoms with Gasteiger partial charge in [0.15, 0.2) is 12.1 Å². The molecule has 0 saturated heterocycles. The minimum atomic E-state index is -0.446. The van der Waals surface area contributed by atoms with Gasteiger partial charge in [0.05, 0.1) is 0 Å². The molecule has 1 atom stereocenters. The number of hydrogen-bond donors (Lipinski definition) is 0. The topological polar surface area (TPSA) is 47.6 Å². The second-order valence-corrected chi connectivity index (χ2v) is 7.36. The normalized spacial score (nSPS) is 14.5. The summed E-state index contributed by atoms with van der Waals surface area (Å²) in [7, 11) is -0.446. The summed E-state index contributed by atoms with van der Waals surface area (Å²) >= 11 is 0. The minimum Gasteiger partial charge on any atom is -0.181 e. The van der Waals surface area contributed by atoms with Crippen molar-refractivity contribution in [3.63, 3.8) is 0 Å². The third kappa shape index (κ3) is 5.74. The van der Waals surface area contributed by atoms with Gasteiger partial charge < -0.3 is 0 Å². The van der Waals surface area contributed by atoms with Crippen LogP contribution in [0.15, 0.2) is 97.1 Å². The van der Waals surface area contributed by atoms with E-state index in [0.29, 0.717) is 5.66 Å². The van der Waals surface area contributed by atoms with Crippen LogP contribution < -0.4 is 10.6 Å². The summed E-state index contributed by atoms with van der Waals surface area (Å²) < 4.78 is 0. The lowest BCUT2D eigenvalue weighted by molar-refractivity contribution is 1.28. The van der Waals surface area contributed by atoms with Crippen molar-refractivity contribution in [1.29, 1.82) is 10.5 Å². The molecule has 3 rings (SSSR count). The van der Waals surface area contributed by atoms with E-state index < -0.39 is 7.92 Å². The zero-order chi connectivity index (χ0) is 17.2. The minimum absolute atomic E-state index is 0. The van der Waals surface area contributed by atoms with Crippen molar-refractivity contribution in [2.24, 2.45) is 0 Å². The van der Waals surface area contributed by atoms with Crippen LogP contribution in [0.5, 0.6) is 0 Å². The predicted molar refractivity (Wildman–Crippen MR) is 109 cm³/mol. The highest BCUT2D eigenvalue weighted by Crippen LogP contribution is 2.44. The van der Waals surface area contributed by atoms with Gasteiger partial charge in [-0.15, -0.1) is 12.4 Å². The average molecular weight is 365 g/mol. The Morgan fingerprint density at radius 3 is 1.68 bits per heavy atom. The van der Waals surface area contributed by atoms with E-state index in [4.69, 9.17) is 10.5 Å². The van der Waals surface area contributed by atoms with E-state index in [0.717, 1.165) is 0 Å². The van der Waals surface area contributed by atoms with E-state index in [-0.39, 0.29) is 12.4 Å². The van der Waals surface area contributed by atoms with Gasteiger partial charge in [0.25, 0.3) is 0 Å². The first-order chi connectivity index (χ1) is 11.8. The molecule has 2 aromatic rings. The van der Waals surface area contributed by atoms with Crippen LogP contribution in [-0.4, -0.2) is 5.66 Å². The van der Waals surface area contributed by atoms with Crippen LogP contribution in [0.1, 0.15) is 0 Å². The summed E-state index contributed by atoms with van der Waals surface area (Å²) in [6.07, 6.45) is 8.63. The quantitative estimate of drug-likeness (QED) is 0.746. The van der Waals surface area contributed by atoms with Gasteiger partial charge in [-0.25, -0.2) is 0 Å². The summed E-state index contributed by atoms with van der Waals surface area (Å²) in [5.41, 5.74) is 1.59. The number of allylic oxidation sites excluding steroid dienone is 5. The van der Waals surface area contributed by atoms with Crippen molar-refractivity contribution >= 4 is 30.9 Å². The SMILES string of the molecule is C=C1C=CC=CC1P(c1ccccc1)c1ccccc1.Cl.N#CC#N. The average Bonchev–Trinajstić information content (AvgIpc) is 2.65. The van der Waals surface area contributed by atoms with Gasteiger partial charge in [-0.3, -0.25) is 0 Å². The fourth-order valence-electron chi connectivity index (χ4n) is 2.47. The smallest absolute Gasteiger partial charge is 0.181 e. The van der Waals surface area contributed by atoms with Crippen molar-refractivity contribution in [3.05, 3.63) is 97.1 Å². The highest BCUT2D eigenvalue weighted by atomic mass is 35.5. The number of nitriles is 2. The van der Waals surface area contributed by atoms with Crippen LogP contribution >= 0.6 is 20.3 Å². The van der Waals surface area contributed by atoms with Gasteiger partial charge in [-0.2, -0.15) is 10.5 Å². The Hall–Kier alpha value is -2.64. The van der Waals surface area contributed by atoms with E-state index >= 15 is 0 Å². The number of rotatable bonds is 3. The van der Waals surface area contributed by atoms with Crippen LogP contribution in [0.25, 0.3) is 0 Å². The number of halogens is 1. The maximum Gasteiger partial charge on any atom is 0.181 e. The number of nitrogens with zero attached hydrogens (tertiary/aromatic N) is 2. The first kappa shape index (κ1) is 20.4. The summed E-state index contributed by atoms with van der Waals surface area (Å²) in [4.78, 5) is 0. The Balaban J connectivity index is 0.000000568. The lowest BCUT2D eigenvalue weighted by atomic mass is 10.1. The lowest BCUT2D eigenvalue weighted by Gasteiger charge is -2.28. The van der Waals surface area contributed by atoms with E-state index in [1.165, 1.54) is 28.3 Å². The van der Waals surface area contributed by atoms with E-state index in [9.17, 15) is 0 Å². The Labute approximate surface area is 156 Å². The van der Waals surface area contributed by atoms with Crippen LogP contribution in [0.4, 0.5) is 0 Å². The standard InChI is InChI=1S/C19H17P.C2N2.ClH/c1-16-10-8-9-15-19(16)20(17-11-4-2-5-12-17)18-13-6-3-7-14-18;3-1-2-4;/h2-15,19H,1H2;;1H. The highest BCUT2D eigenvalue weighted by molar-refractivity contribution is 7.74. The fraction of sp³-hybridized carbons (Fsp3) is 0.0476. The molecule has 0 saturated carbocycles. The molecule has 0 fully saturated rings. The molecule has 2 aromatic carbocycles. The fourth-order valence-corrected chi connectivity index (χ4v) is 5.09. The first-order valence-corrected chi connectivity index (χ1v) is 8.90. The van der Waals surface area contributed by atoms with Gasteiger partial charge in [0, 0.05) is 5.66 Å². The second-order valence-electron chi connectivity index (χ2n) is 5.03. The zero-order valence-corrected chi connectivity index (χ0v) is 15.3. The Morgan fingerprint density at radius 1 is 0.800 bits per heavy atom. The molecule has 1 aliphatic rings. The van der Waals surface area contributed by atoms with Gasteiger partial charge in [0.1, 0.15) is 0 Å². The molecule has 0 heterocycles.